The number of pyridine rings is 1. The standard InChI is InChI=1S/C19H14N2S/c1-22-19-16(12-20)13-21-18(15-10-6-3-7-11-15)17(19)14-8-4-2-5-9-14/h2-11,13H,1H3. The largest absolute Gasteiger partial charge is 0.254 e. The smallest absolute Gasteiger partial charge is 0.102 e. The van der Waals surface area contributed by atoms with Gasteiger partial charge in [-0.3, -0.25) is 4.98 Å². The van der Waals surface area contributed by atoms with Crippen molar-refractivity contribution in [2.24, 2.45) is 0 Å². The zero-order valence-corrected chi connectivity index (χ0v) is 13.0. The van der Waals surface area contributed by atoms with E-state index in [-0.39, 0.29) is 0 Å². The zero-order chi connectivity index (χ0) is 15.4. The van der Waals surface area contributed by atoms with Crippen LogP contribution in [-0.4, -0.2) is 11.2 Å². The van der Waals surface area contributed by atoms with Crippen LogP contribution in [0.3, 0.4) is 0 Å². The maximum atomic E-state index is 9.38. The van der Waals surface area contributed by atoms with Crippen molar-refractivity contribution in [3.05, 3.63) is 72.4 Å². The summed E-state index contributed by atoms with van der Waals surface area (Å²) in [6, 6.07) is 22.5. The first kappa shape index (κ1) is 14.4. The Morgan fingerprint density at radius 3 is 2.05 bits per heavy atom. The number of nitrogens with zero attached hydrogens (tertiary/aromatic N) is 2. The molecule has 3 rings (SSSR count). The van der Waals surface area contributed by atoms with Crippen molar-refractivity contribution in [2.45, 2.75) is 4.90 Å². The molecule has 3 aromatic rings. The molecule has 0 fully saturated rings. The summed E-state index contributed by atoms with van der Waals surface area (Å²) >= 11 is 1.59. The molecule has 106 valence electrons. The van der Waals surface area contributed by atoms with Crippen LogP contribution < -0.4 is 0 Å². The molecule has 22 heavy (non-hydrogen) atoms. The van der Waals surface area contributed by atoms with E-state index in [2.05, 4.69) is 23.2 Å². The lowest BCUT2D eigenvalue weighted by molar-refractivity contribution is 1.23. The van der Waals surface area contributed by atoms with Crippen LogP contribution in [0.2, 0.25) is 0 Å². The van der Waals surface area contributed by atoms with Crippen molar-refractivity contribution in [2.75, 3.05) is 6.26 Å². The van der Waals surface area contributed by atoms with E-state index in [0.29, 0.717) is 5.56 Å². The van der Waals surface area contributed by atoms with Crippen molar-refractivity contribution in [1.29, 1.82) is 5.26 Å². The van der Waals surface area contributed by atoms with Gasteiger partial charge in [0.25, 0.3) is 0 Å². The van der Waals surface area contributed by atoms with E-state index in [1.54, 1.807) is 18.0 Å². The quantitative estimate of drug-likeness (QED) is 0.638. The fourth-order valence-corrected chi connectivity index (χ4v) is 3.21. The highest BCUT2D eigenvalue weighted by Crippen LogP contribution is 2.39. The zero-order valence-electron chi connectivity index (χ0n) is 12.2. The lowest BCUT2D eigenvalue weighted by atomic mass is 9.98. The predicted octanol–water partition coefficient (Wildman–Crippen LogP) is 5.01. The van der Waals surface area contributed by atoms with E-state index in [1.807, 2.05) is 54.8 Å². The molecule has 0 saturated carbocycles. The molecule has 0 unspecified atom stereocenters. The molecule has 2 nitrogen and oxygen atoms in total. The third-order valence-electron chi connectivity index (χ3n) is 3.47. The minimum absolute atomic E-state index is 0.617. The van der Waals surface area contributed by atoms with Crippen LogP contribution in [0, 0.1) is 11.3 Å². The first-order valence-electron chi connectivity index (χ1n) is 6.93. The summed E-state index contributed by atoms with van der Waals surface area (Å²) in [5.74, 6) is 0. The van der Waals surface area contributed by atoms with Gasteiger partial charge in [0.05, 0.1) is 11.3 Å². The highest BCUT2D eigenvalue weighted by molar-refractivity contribution is 7.98. The maximum absolute atomic E-state index is 9.38. The van der Waals surface area contributed by atoms with Crippen molar-refractivity contribution in [3.8, 4) is 28.5 Å². The minimum atomic E-state index is 0.617. The number of aromatic nitrogens is 1. The van der Waals surface area contributed by atoms with E-state index < -0.39 is 0 Å². The van der Waals surface area contributed by atoms with Crippen molar-refractivity contribution >= 4 is 11.8 Å². The molecule has 0 bridgehead atoms. The second-order valence-corrected chi connectivity index (χ2v) is 5.59. The summed E-state index contributed by atoms with van der Waals surface area (Å²) < 4.78 is 0. The van der Waals surface area contributed by atoms with E-state index in [4.69, 9.17) is 0 Å². The van der Waals surface area contributed by atoms with Crippen LogP contribution in [0.5, 0.6) is 0 Å². The van der Waals surface area contributed by atoms with Crippen LogP contribution in [0.4, 0.5) is 0 Å². The van der Waals surface area contributed by atoms with Gasteiger partial charge in [0, 0.05) is 22.2 Å². The average Bonchev–Trinajstić information content (AvgIpc) is 2.61. The minimum Gasteiger partial charge on any atom is -0.254 e. The molecule has 0 aliphatic rings. The molecule has 0 aliphatic heterocycles. The number of hydrogen-bond acceptors (Lipinski definition) is 3. The van der Waals surface area contributed by atoms with E-state index >= 15 is 0 Å². The number of rotatable bonds is 3. The lowest BCUT2D eigenvalue weighted by Crippen LogP contribution is -1.95. The predicted molar refractivity (Wildman–Crippen MR) is 91.6 cm³/mol. The Balaban J connectivity index is 2.34. The summed E-state index contributed by atoms with van der Waals surface area (Å²) in [7, 11) is 0. The highest BCUT2D eigenvalue weighted by Gasteiger charge is 2.17. The SMILES string of the molecule is CSc1c(C#N)cnc(-c2ccccc2)c1-c1ccccc1. The summed E-state index contributed by atoms with van der Waals surface area (Å²) in [4.78, 5) is 5.54. The Hall–Kier alpha value is -2.57. The summed E-state index contributed by atoms with van der Waals surface area (Å²) in [6.07, 6.45) is 3.66. The summed E-state index contributed by atoms with van der Waals surface area (Å²) in [6.45, 7) is 0. The first-order chi connectivity index (χ1) is 10.8. The number of thioether (sulfide) groups is 1. The van der Waals surface area contributed by atoms with Crippen LogP contribution in [0.25, 0.3) is 22.4 Å². The normalized spacial score (nSPS) is 10.2. The molecular weight excluding hydrogens is 288 g/mol. The highest BCUT2D eigenvalue weighted by atomic mass is 32.2. The van der Waals surface area contributed by atoms with Gasteiger partial charge in [-0.25, -0.2) is 0 Å². The first-order valence-corrected chi connectivity index (χ1v) is 8.15. The molecule has 0 amide bonds. The van der Waals surface area contributed by atoms with Gasteiger partial charge in [0.2, 0.25) is 0 Å². The topological polar surface area (TPSA) is 36.7 Å². The maximum Gasteiger partial charge on any atom is 0.102 e. The monoisotopic (exact) mass is 302 g/mol. The third-order valence-corrected chi connectivity index (χ3v) is 4.30. The van der Waals surface area contributed by atoms with Gasteiger partial charge >= 0.3 is 0 Å². The summed E-state index contributed by atoms with van der Waals surface area (Å²) in [5.41, 5.74) is 4.69. The van der Waals surface area contributed by atoms with Crippen molar-refractivity contribution in [3.63, 3.8) is 0 Å². The van der Waals surface area contributed by atoms with Gasteiger partial charge in [-0.05, 0) is 11.8 Å². The average molecular weight is 302 g/mol. The molecule has 0 atom stereocenters. The molecule has 0 aliphatic carbocycles. The van der Waals surface area contributed by atoms with Crippen LogP contribution in [0.15, 0.2) is 71.8 Å². The van der Waals surface area contributed by atoms with E-state index in [9.17, 15) is 5.26 Å². The Labute approximate surface area is 134 Å². The Morgan fingerprint density at radius 1 is 0.909 bits per heavy atom. The Bertz CT molecular complexity index is 821. The fourth-order valence-electron chi connectivity index (χ4n) is 2.47. The second-order valence-electron chi connectivity index (χ2n) is 4.77. The fraction of sp³-hybridized carbons (Fsp3) is 0.0526. The molecule has 1 heterocycles. The third kappa shape index (κ3) is 2.61. The van der Waals surface area contributed by atoms with Gasteiger partial charge < -0.3 is 0 Å². The van der Waals surface area contributed by atoms with Crippen LogP contribution in [0.1, 0.15) is 5.56 Å². The Kier molecular flexibility index (Phi) is 4.22. The van der Waals surface area contributed by atoms with E-state index in [1.165, 1.54) is 0 Å². The van der Waals surface area contributed by atoms with Crippen molar-refractivity contribution < 1.29 is 0 Å². The van der Waals surface area contributed by atoms with Crippen LogP contribution in [-0.2, 0) is 0 Å². The van der Waals surface area contributed by atoms with Gasteiger partial charge in [-0.2, -0.15) is 5.26 Å². The van der Waals surface area contributed by atoms with Gasteiger partial charge in [0.1, 0.15) is 6.07 Å². The lowest BCUT2D eigenvalue weighted by Gasteiger charge is -2.14. The molecule has 0 saturated heterocycles. The van der Waals surface area contributed by atoms with Gasteiger partial charge in [-0.15, -0.1) is 11.8 Å². The Morgan fingerprint density at radius 2 is 1.50 bits per heavy atom. The molecule has 3 heteroatoms. The molecular formula is C19H14N2S. The van der Waals surface area contributed by atoms with Crippen LogP contribution >= 0.6 is 11.8 Å². The molecule has 0 spiro atoms. The molecule has 0 radical (unpaired) electrons. The van der Waals surface area contributed by atoms with E-state index in [0.717, 1.165) is 27.3 Å². The second kappa shape index (κ2) is 6.46. The van der Waals surface area contributed by atoms with Gasteiger partial charge in [0.15, 0.2) is 0 Å². The number of hydrogen-bond donors (Lipinski definition) is 0. The molecule has 1 aromatic heterocycles. The molecule has 0 N–H and O–H groups in total. The number of nitriles is 1. The summed E-state index contributed by atoms with van der Waals surface area (Å²) in [5, 5.41) is 9.38. The van der Waals surface area contributed by atoms with Crippen molar-refractivity contribution in [1.82, 2.24) is 4.98 Å². The number of benzene rings is 2. The molecule has 2 aromatic carbocycles. The van der Waals surface area contributed by atoms with Gasteiger partial charge in [-0.1, -0.05) is 60.7 Å².